The number of hydrogen-bond donors (Lipinski definition) is 0. The van der Waals surface area contributed by atoms with Gasteiger partial charge in [0.25, 0.3) is 5.91 Å². The molecule has 29 heavy (non-hydrogen) atoms. The number of carbonyl (C=O) groups is 2. The SMILES string of the molecule is O=C(Cc1coc2ccc3ccccc3c12)N1CCN(C(=O)c2ccco2)CC1. The second-order valence-electron chi connectivity index (χ2n) is 7.25. The van der Waals surface area contributed by atoms with Gasteiger partial charge in [-0.1, -0.05) is 30.3 Å². The van der Waals surface area contributed by atoms with Gasteiger partial charge in [-0.15, -0.1) is 0 Å². The molecule has 2 aromatic carbocycles. The minimum absolute atomic E-state index is 0.0470. The molecule has 6 heteroatoms. The molecule has 0 radical (unpaired) electrons. The van der Waals surface area contributed by atoms with Crippen molar-refractivity contribution < 1.29 is 18.4 Å². The highest BCUT2D eigenvalue weighted by Gasteiger charge is 2.26. The highest BCUT2D eigenvalue weighted by Crippen LogP contribution is 2.30. The monoisotopic (exact) mass is 388 g/mol. The first kappa shape index (κ1) is 17.6. The van der Waals surface area contributed by atoms with Gasteiger partial charge in [0.15, 0.2) is 5.76 Å². The van der Waals surface area contributed by atoms with Crippen LogP contribution in [-0.2, 0) is 11.2 Å². The third kappa shape index (κ3) is 3.16. The van der Waals surface area contributed by atoms with E-state index in [2.05, 4.69) is 12.1 Å². The summed E-state index contributed by atoms with van der Waals surface area (Å²) in [5.41, 5.74) is 1.69. The molecule has 1 fully saturated rings. The lowest BCUT2D eigenvalue weighted by molar-refractivity contribution is -0.131. The number of nitrogens with zero attached hydrogens (tertiary/aromatic N) is 2. The van der Waals surface area contributed by atoms with E-state index in [1.807, 2.05) is 29.2 Å². The molecule has 5 rings (SSSR count). The smallest absolute Gasteiger partial charge is 0.289 e. The maximum atomic E-state index is 12.9. The lowest BCUT2D eigenvalue weighted by atomic mass is 10.0. The second kappa shape index (κ2) is 7.13. The van der Waals surface area contributed by atoms with Gasteiger partial charge in [-0.05, 0) is 29.0 Å². The van der Waals surface area contributed by atoms with Crippen LogP contribution in [0.4, 0.5) is 0 Å². The van der Waals surface area contributed by atoms with Gasteiger partial charge in [0.1, 0.15) is 5.58 Å². The van der Waals surface area contributed by atoms with Crippen LogP contribution in [0.2, 0.25) is 0 Å². The average molecular weight is 388 g/mol. The Morgan fingerprint density at radius 1 is 0.862 bits per heavy atom. The van der Waals surface area contributed by atoms with Gasteiger partial charge in [-0.2, -0.15) is 0 Å². The summed E-state index contributed by atoms with van der Waals surface area (Å²) < 4.78 is 10.9. The Labute approximate surface area is 167 Å². The number of furan rings is 2. The van der Waals surface area contributed by atoms with Crippen LogP contribution < -0.4 is 0 Å². The van der Waals surface area contributed by atoms with Gasteiger partial charge in [0.2, 0.25) is 5.91 Å². The van der Waals surface area contributed by atoms with E-state index in [0.29, 0.717) is 31.9 Å². The number of benzene rings is 2. The first-order valence-electron chi connectivity index (χ1n) is 9.69. The third-order valence-corrected chi connectivity index (χ3v) is 5.53. The summed E-state index contributed by atoms with van der Waals surface area (Å²) in [5, 5.41) is 3.22. The van der Waals surface area contributed by atoms with Crippen molar-refractivity contribution in [3.05, 3.63) is 72.4 Å². The quantitative estimate of drug-likeness (QED) is 0.537. The molecular weight excluding hydrogens is 368 g/mol. The zero-order chi connectivity index (χ0) is 19.8. The predicted molar refractivity (Wildman–Crippen MR) is 109 cm³/mol. The van der Waals surface area contributed by atoms with E-state index in [9.17, 15) is 9.59 Å². The van der Waals surface area contributed by atoms with Crippen LogP contribution in [0.15, 0.2) is 69.9 Å². The zero-order valence-electron chi connectivity index (χ0n) is 15.8. The van der Waals surface area contributed by atoms with Gasteiger partial charge in [0, 0.05) is 37.1 Å². The van der Waals surface area contributed by atoms with Crippen LogP contribution >= 0.6 is 0 Å². The summed E-state index contributed by atoms with van der Waals surface area (Å²) in [6.07, 6.45) is 3.46. The molecule has 0 N–H and O–H groups in total. The first-order valence-corrected chi connectivity index (χ1v) is 9.69. The number of hydrogen-bond acceptors (Lipinski definition) is 4. The maximum absolute atomic E-state index is 12.9. The van der Waals surface area contributed by atoms with Crippen LogP contribution in [0.3, 0.4) is 0 Å². The van der Waals surface area contributed by atoms with Gasteiger partial charge in [-0.3, -0.25) is 9.59 Å². The fraction of sp³-hybridized carbons (Fsp3) is 0.217. The first-order chi connectivity index (χ1) is 14.2. The molecule has 4 aromatic rings. The largest absolute Gasteiger partial charge is 0.464 e. The normalized spacial score (nSPS) is 14.6. The number of carbonyl (C=O) groups excluding carboxylic acids is 2. The van der Waals surface area contributed by atoms with E-state index in [1.165, 1.54) is 6.26 Å². The molecule has 0 saturated carbocycles. The van der Waals surface area contributed by atoms with Gasteiger partial charge in [-0.25, -0.2) is 0 Å². The Hall–Kier alpha value is -3.54. The van der Waals surface area contributed by atoms with E-state index in [4.69, 9.17) is 8.83 Å². The fourth-order valence-electron chi connectivity index (χ4n) is 3.99. The van der Waals surface area contributed by atoms with Crippen LogP contribution in [0.5, 0.6) is 0 Å². The number of rotatable bonds is 3. The molecule has 1 saturated heterocycles. The van der Waals surface area contributed by atoms with E-state index >= 15 is 0 Å². The average Bonchev–Trinajstić information content (AvgIpc) is 3.44. The summed E-state index contributed by atoms with van der Waals surface area (Å²) in [4.78, 5) is 28.8. The van der Waals surface area contributed by atoms with Crippen molar-refractivity contribution in [1.82, 2.24) is 9.80 Å². The van der Waals surface area contributed by atoms with Gasteiger partial charge in [0.05, 0.1) is 18.9 Å². The summed E-state index contributed by atoms with van der Waals surface area (Å²) in [6, 6.07) is 15.5. The molecule has 6 nitrogen and oxygen atoms in total. The zero-order valence-corrected chi connectivity index (χ0v) is 15.8. The summed E-state index contributed by atoms with van der Waals surface area (Å²) in [7, 11) is 0. The van der Waals surface area contributed by atoms with Crippen molar-refractivity contribution in [3.8, 4) is 0 Å². The van der Waals surface area contributed by atoms with E-state index < -0.39 is 0 Å². The molecule has 146 valence electrons. The second-order valence-corrected chi connectivity index (χ2v) is 7.25. The minimum atomic E-state index is -0.130. The lowest BCUT2D eigenvalue weighted by Crippen LogP contribution is -2.50. The Kier molecular flexibility index (Phi) is 4.31. The standard InChI is InChI=1S/C23H20N2O4/c26-21(24-9-11-25(12-10-24)23(27)20-6-3-13-28-20)14-17-15-29-19-8-7-16-4-1-2-5-18(16)22(17)19/h1-8,13,15H,9-12,14H2. The van der Waals surface area contributed by atoms with Crippen molar-refractivity contribution in [2.45, 2.75) is 6.42 Å². The summed E-state index contributed by atoms with van der Waals surface area (Å²) >= 11 is 0. The van der Waals surface area contributed by atoms with E-state index in [-0.39, 0.29) is 18.2 Å². The summed E-state index contributed by atoms with van der Waals surface area (Å²) in [6.45, 7) is 2.03. The van der Waals surface area contributed by atoms with Crippen molar-refractivity contribution in [1.29, 1.82) is 0 Å². The van der Waals surface area contributed by atoms with Crippen LogP contribution in [0.25, 0.3) is 21.7 Å². The molecule has 3 heterocycles. The van der Waals surface area contributed by atoms with Crippen molar-refractivity contribution in [3.63, 3.8) is 0 Å². The van der Waals surface area contributed by atoms with E-state index in [0.717, 1.165) is 27.3 Å². The van der Waals surface area contributed by atoms with Crippen LogP contribution in [-0.4, -0.2) is 47.8 Å². The molecule has 0 unspecified atom stereocenters. The molecule has 1 aliphatic heterocycles. The summed E-state index contributed by atoms with van der Waals surface area (Å²) in [5.74, 6) is 0.252. The molecule has 0 spiro atoms. The third-order valence-electron chi connectivity index (χ3n) is 5.53. The Balaban J connectivity index is 1.30. The topological polar surface area (TPSA) is 66.9 Å². The Bertz CT molecular complexity index is 1180. The van der Waals surface area contributed by atoms with Gasteiger partial charge >= 0.3 is 0 Å². The Morgan fingerprint density at radius 3 is 2.45 bits per heavy atom. The van der Waals surface area contributed by atoms with Crippen LogP contribution in [0.1, 0.15) is 16.1 Å². The van der Waals surface area contributed by atoms with Crippen molar-refractivity contribution in [2.75, 3.05) is 26.2 Å². The molecule has 1 aliphatic rings. The van der Waals surface area contributed by atoms with Crippen molar-refractivity contribution in [2.24, 2.45) is 0 Å². The molecule has 0 atom stereocenters. The number of fused-ring (bicyclic) bond motifs is 3. The highest BCUT2D eigenvalue weighted by molar-refractivity contribution is 6.08. The van der Waals surface area contributed by atoms with Gasteiger partial charge < -0.3 is 18.6 Å². The number of piperazine rings is 1. The van der Waals surface area contributed by atoms with E-state index in [1.54, 1.807) is 23.3 Å². The minimum Gasteiger partial charge on any atom is -0.464 e. The number of amides is 2. The molecular formula is C23H20N2O4. The predicted octanol–water partition coefficient (Wildman–Crippen LogP) is 3.71. The highest BCUT2D eigenvalue weighted by atomic mass is 16.3. The molecule has 2 aromatic heterocycles. The molecule has 0 bridgehead atoms. The lowest BCUT2D eigenvalue weighted by Gasteiger charge is -2.34. The Morgan fingerprint density at radius 2 is 1.66 bits per heavy atom. The van der Waals surface area contributed by atoms with Crippen molar-refractivity contribution >= 4 is 33.6 Å². The maximum Gasteiger partial charge on any atom is 0.289 e. The fourth-order valence-corrected chi connectivity index (χ4v) is 3.99. The van der Waals surface area contributed by atoms with Crippen LogP contribution in [0, 0.1) is 0 Å². The molecule has 0 aliphatic carbocycles. The molecule has 2 amide bonds.